The van der Waals surface area contributed by atoms with Crippen molar-refractivity contribution in [1.82, 2.24) is 0 Å². The van der Waals surface area contributed by atoms with Gasteiger partial charge in [-0.25, -0.2) is 0 Å². The van der Waals surface area contributed by atoms with Crippen molar-refractivity contribution in [2.45, 2.75) is 45.8 Å². The third kappa shape index (κ3) is 5.23. The number of ether oxygens (including phenoxy) is 3. The Kier molecular flexibility index (Phi) is 6.35. The Bertz CT molecular complexity index is 763. The van der Waals surface area contributed by atoms with Crippen molar-refractivity contribution in [3.05, 3.63) is 53.6 Å². The molecule has 0 radical (unpaired) electrons. The number of hydrogen-bond donors (Lipinski definition) is 1. The van der Waals surface area contributed by atoms with E-state index in [-0.39, 0.29) is 12.0 Å². The zero-order valence-corrected chi connectivity index (χ0v) is 16.2. The predicted molar refractivity (Wildman–Crippen MR) is 106 cm³/mol. The van der Waals surface area contributed by atoms with Gasteiger partial charge in [-0.05, 0) is 56.9 Å². The Labute approximate surface area is 160 Å². The molecule has 0 saturated carbocycles. The van der Waals surface area contributed by atoms with Crippen LogP contribution in [0.15, 0.2) is 42.5 Å². The molecule has 2 aromatic carbocycles. The SMILES string of the molecule is Cc1cccc(C)c1OC(C)C(=O)Nc1cccc(OCC2CCCO2)c1. The third-order valence-corrected chi connectivity index (χ3v) is 4.63. The highest BCUT2D eigenvalue weighted by Gasteiger charge is 2.18. The van der Waals surface area contributed by atoms with E-state index in [0.717, 1.165) is 36.3 Å². The van der Waals surface area contributed by atoms with E-state index < -0.39 is 6.10 Å². The number of rotatable bonds is 7. The topological polar surface area (TPSA) is 56.8 Å². The molecular weight excluding hydrogens is 342 g/mol. The first-order chi connectivity index (χ1) is 13.0. The van der Waals surface area contributed by atoms with Gasteiger partial charge in [0.25, 0.3) is 5.91 Å². The zero-order valence-electron chi connectivity index (χ0n) is 16.2. The first-order valence-corrected chi connectivity index (χ1v) is 9.41. The number of hydrogen-bond acceptors (Lipinski definition) is 4. The van der Waals surface area contributed by atoms with E-state index in [0.29, 0.717) is 18.0 Å². The van der Waals surface area contributed by atoms with Crippen molar-refractivity contribution < 1.29 is 19.0 Å². The number of anilines is 1. The van der Waals surface area contributed by atoms with E-state index in [1.54, 1.807) is 6.92 Å². The number of para-hydroxylation sites is 1. The minimum atomic E-state index is -0.610. The van der Waals surface area contributed by atoms with Crippen LogP contribution < -0.4 is 14.8 Å². The molecule has 2 unspecified atom stereocenters. The number of benzene rings is 2. The van der Waals surface area contributed by atoms with Gasteiger partial charge < -0.3 is 19.5 Å². The molecule has 5 nitrogen and oxygen atoms in total. The van der Waals surface area contributed by atoms with Crippen LogP contribution in [0.1, 0.15) is 30.9 Å². The lowest BCUT2D eigenvalue weighted by atomic mass is 10.1. The van der Waals surface area contributed by atoms with Gasteiger partial charge >= 0.3 is 0 Å². The minimum Gasteiger partial charge on any atom is -0.491 e. The van der Waals surface area contributed by atoms with Crippen molar-refractivity contribution in [1.29, 1.82) is 0 Å². The Hall–Kier alpha value is -2.53. The molecular formula is C22H27NO4. The zero-order chi connectivity index (χ0) is 19.2. The van der Waals surface area contributed by atoms with E-state index in [1.165, 1.54) is 0 Å². The van der Waals surface area contributed by atoms with E-state index in [4.69, 9.17) is 14.2 Å². The smallest absolute Gasteiger partial charge is 0.265 e. The van der Waals surface area contributed by atoms with Gasteiger partial charge in [0.05, 0.1) is 6.10 Å². The van der Waals surface area contributed by atoms with Gasteiger partial charge in [0.15, 0.2) is 6.10 Å². The predicted octanol–water partition coefficient (Wildman–Crippen LogP) is 4.27. The summed E-state index contributed by atoms with van der Waals surface area (Å²) in [5.74, 6) is 1.27. The standard InChI is InChI=1S/C22H27NO4/c1-15-7-4-8-16(2)21(15)27-17(3)22(24)23-18-9-5-10-19(13-18)26-14-20-11-6-12-25-20/h4-5,7-10,13,17,20H,6,11-12,14H2,1-3H3,(H,23,24). The molecule has 1 amide bonds. The van der Waals surface area contributed by atoms with Crippen molar-refractivity contribution in [2.75, 3.05) is 18.5 Å². The number of nitrogens with one attached hydrogen (secondary N) is 1. The molecule has 1 heterocycles. The number of carbonyl (C=O) groups is 1. The first-order valence-electron chi connectivity index (χ1n) is 9.41. The molecule has 27 heavy (non-hydrogen) atoms. The summed E-state index contributed by atoms with van der Waals surface area (Å²) in [5, 5.41) is 2.89. The lowest BCUT2D eigenvalue weighted by Crippen LogP contribution is -2.30. The molecule has 0 aliphatic carbocycles. The van der Waals surface area contributed by atoms with Crippen LogP contribution in [0.5, 0.6) is 11.5 Å². The molecule has 1 fully saturated rings. The van der Waals surface area contributed by atoms with Crippen molar-refractivity contribution in [2.24, 2.45) is 0 Å². The molecule has 144 valence electrons. The maximum absolute atomic E-state index is 12.5. The highest BCUT2D eigenvalue weighted by Crippen LogP contribution is 2.24. The normalized spacial score (nSPS) is 17.4. The molecule has 0 bridgehead atoms. The van der Waals surface area contributed by atoms with E-state index in [1.807, 2.05) is 56.3 Å². The van der Waals surface area contributed by atoms with Gasteiger partial charge in [0.2, 0.25) is 0 Å². The Morgan fingerprint density at radius 2 is 1.96 bits per heavy atom. The van der Waals surface area contributed by atoms with Crippen LogP contribution in [0.2, 0.25) is 0 Å². The second kappa shape index (κ2) is 8.91. The summed E-state index contributed by atoms with van der Waals surface area (Å²) in [6, 6.07) is 13.3. The highest BCUT2D eigenvalue weighted by atomic mass is 16.5. The minimum absolute atomic E-state index is 0.161. The fraction of sp³-hybridized carbons (Fsp3) is 0.409. The molecule has 3 rings (SSSR count). The molecule has 1 saturated heterocycles. The molecule has 2 aromatic rings. The number of aryl methyl sites for hydroxylation is 2. The Morgan fingerprint density at radius 1 is 1.22 bits per heavy atom. The van der Waals surface area contributed by atoms with Crippen LogP contribution in [-0.2, 0) is 9.53 Å². The summed E-state index contributed by atoms with van der Waals surface area (Å²) in [5.41, 5.74) is 2.71. The van der Waals surface area contributed by atoms with E-state index in [9.17, 15) is 4.79 Å². The quantitative estimate of drug-likeness (QED) is 0.792. The first kappa shape index (κ1) is 19.2. The van der Waals surface area contributed by atoms with Crippen LogP contribution in [0.25, 0.3) is 0 Å². The van der Waals surface area contributed by atoms with Gasteiger partial charge in [-0.2, -0.15) is 0 Å². The number of carbonyl (C=O) groups excluding carboxylic acids is 1. The molecule has 0 spiro atoms. The molecule has 0 aromatic heterocycles. The van der Waals surface area contributed by atoms with Crippen molar-refractivity contribution >= 4 is 11.6 Å². The van der Waals surface area contributed by atoms with Crippen LogP contribution in [0.3, 0.4) is 0 Å². The largest absolute Gasteiger partial charge is 0.491 e. The molecule has 2 atom stereocenters. The van der Waals surface area contributed by atoms with Gasteiger partial charge in [-0.15, -0.1) is 0 Å². The summed E-state index contributed by atoms with van der Waals surface area (Å²) in [7, 11) is 0. The lowest BCUT2D eigenvalue weighted by molar-refractivity contribution is -0.122. The lowest BCUT2D eigenvalue weighted by Gasteiger charge is -2.18. The summed E-state index contributed by atoms with van der Waals surface area (Å²) < 4.78 is 17.3. The van der Waals surface area contributed by atoms with Crippen LogP contribution in [-0.4, -0.2) is 31.3 Å². The number of amides is 1. The summed E-state index contributed by atoms with van der Waals surface area (Å²) in [6.07, 6.45) is 1.67. The maximum Gasteiger partial charge on any atom is 0.265 e. The van der Waals surface area contributed by atoms with Crippen LogP contribution in [0, 0.1) is 13.8 Å². The van der Waals surface area contributed by atoms with Gasteiger partial charge in [0, 0.05) is 18.4 Å². The van der Waals surface area contributed by atoms with Gasteiger partial charge in [0.1, 0.15) is 18.1 Å². The van der Waals surface area contributed by atoms with Gasteiger partial charge in [-0.1, -0.05) is 24.3 Å². The third-order valence-electron chi connectivity index (χ3n) is 4.63. The van der Waals surface area contributed by atoms with E-state index in [2.05, 4.69) is 5.32 Å². The monoisotopic (exact) mass is 369 g/mol. The molecule has 1 N–H and O–H groups in total. The van der Waals surface area contributed by atoms with Crippen molar-refractivity contribution in [3.8, 4) is 11.5 Å². The maximum atomic E-state index is 12.5. The fourth-order valence-electron chi connectivity index (χ4n) is 3.09. The Morgan fingerprint density at radius 3 is 2.67 bits per heavy atom. The molecule has 1 aliphatic heterocycles. The molecule has 1 aliphatic rings. The summed E-state index contributed by atoms with van der Waals surface area (Å²) in [6.45, 7) is 7.04. The summed E-state index contributed by atoms with van der Waals surface area (Å²) >= 11 is 0. The van der Waals surface area contributed by atoms with Crippen molar-refractivity contribution in [3.63, 3.8) is 0 Å². The van der Waals surface area contributed by atoms with Crippen LogP contribution >= 0.6 is 0 Å². The summed E-state index contributed by atoms with van der Waals surface area (Å²) in [4.78, 5) is 12.5. The van der Waals surface area contributed by atoms with Crippen LogP contribution in [0.4, 0.5) is 5.69 Å². The van der Waals surface area contributed by atoms with E-state index >= 15 is 0 Å². The highest BCUT2D eigenvalue weighted by molar-refractivity contribution is 5.94. The second-order valence-corrected chi connectivity index (χ2v) is 6.94. The average molecular weight is 369 g/mol. The Balaban J connectivity index is 1.57. The average Bonchev–Trinajstić information content (AvgIpc) is 3.17. The van der Waals surface area contributed by atoms with Gasteiger partial charge in [-0.3, -0.25) is 4.79 Å². The molecule has 5 heteroatoms. The second-order valence-electron chi connectivity index (χ2n) is 6.94. The fourth-order valence-corrected chi connectivity index (χ4v) is 3.09.